The van der Waals surface area contributed by atoms with Crippen molar-refractivity contribution in [3.63, 3.8) is 0 Å². The minimum Gasteiger partial charge on any atom is -0.381 e. The summed E-state index contributed by atoms with van der Waals surface area (Å²) in [6.45, 7) is 10.1. The van der Waals surface area contributed by atoms with Gasteiger partial charge in [0.05, 0.1) is 0 Å². The van der Waals surface area contributed by atoms with E-state index in [4.69, 9.17) is 0 Å². The predicted molar refractivity (Wildman–Crippen MR) is 80.5 cm³/mol. The molecule has 2 rings (SSSR count). The maximum absolute atomic E-state index is 11.0. The standard InChI is InChI=1S/C18H22O/c1-12-6-7-14(3)17(10-12)18(5,19)16-9-8-13(2)15(4)11-16/h6-11,19H,1-5H3. The highest BCUT2D eigenvalue weighted by Crippen LogP contribution is 2.32. The van der Waals surface area contributed by atoms with E-state index in [1.54, 1.807) is 0 Å². The van der Waals surface area contributed by atoms with Gasteiger partial charge in [-0.05, 0) is 62.4 Å². The van der Waals surface area contributed by atoms with Crippen molar-refractivity contribution in [3.8, 4) is 0 Å². The first-order chi connectivity index (χ1) is 8.82. The van der Waals surface area contributed by atoms with Crippen LogP contribution in [0.4, 0.5) is 0 Å². The van der Waals surface area contributed by atoms with Crippen LogP contribution in [0.25, 0.3) is 0 Å². The van der Waals surface area contributed by atoms with Crippen LogP contribution in [0.5, 0.6) is 0 Å². The fraction of sp³-hybridized carbons (Fsp3) is 0.333. The number of hydrogen-bond donors (Lipinski definition) is 1. The highest BCUT2D eigenvalue weighted by atomic mass is 16.3. The highest BCUT2D eigenvalue weighted by molar-refractivity contribution is 5.43. The quantitative estimate of drug-likeness (QED) is 0.852. The summed E-state index contributed by atoms with van der Waals surface area (Å²) in [5.41, 5.74) is 5.73. The number of aryl methyl sites for hydroxylation is 4. The van der Waals surface area contributed by atoms with E-state index in [9.17, 15) is 5.11 Å². The SMILES string of the molecule is Cc1ccc(C)c(C(C)(O)c2ccc(C)c(C)c2)c1. The Kier molecular flexibility index (Phi) is 3.51. The van der Waals surface area contributed by atoms with Gasteiger partial charge >= 0.3 is 0 Å². The molecule has 0 saturated heterocycles. The van der Waals surface area contributed by atoms with Crippen molar-refractivity contribution in [1.82, 2.24) is 0 Å². The Morgan fingerprint density at radius 3 is 2.05 bits per heavy atom. The van der Waals surface area contributed by atoms with Crippen LogP contribution in [0.1, 0.15) is 40.3 Å². The molecule has 0 aliphatic rings. The van der Waals surface area contributed by atoms with Gasteiger partial charge in [-0.3, -0.25) is 0 Å². The summed E-state index contributed by atoms with van der Waals surface area (Å²) in [5, 5.41) is 11.0. The molecule has 100 valence electrons. The van der Waals surface area contributed by atoms with Crippen molar-refractivity contribution in [2.75, 3.05) is 0 Å². The van der Waals surface area contributed by atoms with Crippen molar-refractivity contribution in [3.05, 3.63) is 69.8 Å². The Bertz CT molecular complexity index is 609. The van der Waals surface area contributed by atoms with Crippen LogP contribution in [0.2, 0.25) is 0 Å². The molecule has 2 aromatic rings. The summed E-state index contributed by atoms with van der Waals surface area (Å²) >= 11 is 0. The Morgan fingerprint density at radius 1 is 0.789 bits per heavy atom. The zero-order valence-corrected chi connectivity index (χ0v) is 12.4. The molecule has 0 aromatic heterocycles. The molecule has 2 aromatic carbocycles. The fourth-order valence-corrected chi connectivity index (χ4v) is 2.46. The first-order valence-corrected chi connectivity index (χ1v) is 6.70. The number of rotatable bonds is 2. The monoisotopic (exact) mass is 254 g/mol. The van der Waals surface area contributed by atoms with Crippen LogP contribution < -0.4 is 0 Å². The topological polar surface area (TPSA) is 20.2 Å². The smallest absolute Gasteiger partial charge is 0.112 e. The minimum absolute atomic E-state index is 0.948. The van der Waals surface area contributed by atoms with Crippen molar-refractivity contribution in [1.29, 1.82) is 0 Å². The van der Waals surface area contributed by atoms with E-state index in [2.05, 4.69) is 51.1 Å². The molecule has 1 heteroatoms. The van der Waals surface area contributed by atoms with Crippen molar-refractivity contribution >= 4 is 0 Å². The largest absolute Gasteiger partial charge is 0.381 e. The van der Waals surface area contributed by atoms with Crippen molar-refractivity contribution in [2.24, 2.45) is 0 Å². The van der Waals surface area contributed by atoms with Crippen molar-refractivity contribution < 1.29 is 5.11 Å². The molecule has 1 N–H and O–H groups in total. The van der Waals surface area contributed by atoms with Gasteiger partial charge in [0.25, 0.3) is 0 Å². The van der Waals surface area contributed by atoms with Gasteiger partial charge in [-0.1, -0.05) is 42.0 Å². The van der Waals surface area contributed by atoms with Gasteiger partial charge < -0.3 is 5.11 Å². The van der Waals surface area contributed by atoms with E-state index in [-0.39, 0.29) is 0 Å². The molecule has 0 heterocycles. The highest BCUT2D eigenvalue weighted by Gasteiger charge is 2.27. The van der Waals surface area contributed by atoms with Gasteiger partial charge in [0.1, 0.15) is 5.60 Å². The van der Waals surface area contributed by atoms with Gasteiger partial charge in [-0.15, -0.1) is 0 Å². The van der Waals surface area contributed by atoms with Gasteiger partial charge in [-0.25, -0.2) is 0 Å². The van der Waals surface area contributed by atoms with Crippen LogP contribution in [0.3, 0.4) is 0 Å². The second kappa shape index (κ2) is 4.82. The minimum atomic E-state index is -0.950. The fourth-order valence-electron chi connectivity index (χ4n) is 2.46. The maximum Gasteiger partial charge on any atom is 0.112 e. The van der Waals surface area contributed by atoms with E-state index < -0.39 is 5.60 Å². The number of benzene rings is 2. The third-order valence-electron chi connectivity index (χ3n) is 3.99. The molecule has 0 fully saturated rings. The lowest BCUT2D eigenvalue weighted by Gasteiger charge is -2.27. The summed E-state index contributed by atoms with van der Waals surface area (Å²) in [5.74, 6) is 0. The van der Waals surface area contributed by atoms with Gasteiger partial charge in [0.15, 0.2) is 0 Å². The number of aliphatic hydroxyl groups is 1. The van der Waals surface area contributed by atoms with Crippen molar-refractivity contribution in [2.45, 2.75) is 40.2 Å². The molecule has 1 nitrogen and oxygen atoms in total. The Morgan fingerprint density at radius 2 is 1.42 bits per heavy atom. The third-order valence-corrected chi connectivity index (χ3v) is 3.99. The predicted octanol–water partition coefficient (Wildman–Crippen LogP) is 4.18. The molecule has 0 saturated carbocycles. The van der Waals surface area contributed by atoms with Gasteiger partial charge in [0, 0.05) is 0 Å². The summed E-state index contributed by atoms with van der Waals surface area (Å²) in [6, 6.07) is 12.4. The average molecular weight is 254 g/mol. The van der Waals surface area contributed by atoms with E-state index in [0.717, 1.165) is 16.7 Å². The lowest BCUT2D eigenvalue weighted by atomic mass is 9.84. The second-order valence-electron chi connectivity index (χ2n) is 5.69. The van der Waals surface area contributed by atoms with Crippen LogP contribution >= 0.6 is 0 Å². The summed E-state index contributed by atoms with van der Waals surface area (Å²) in [6.07, 6.45) is 0. The molecule has 19 heavy (non-hydrogen) atoms. The second-order valence-corrected chi connectivity index (χ2v) is 5.69. The molecule has 0 bridgehead atoms. The van der Waals surface area contributed by atoms with Crippen LogP contribution in [0, 0.1) is 27.7 Å². The van der Waals surface area contributed by atoms with Crippen LogP contribution in [-0.2, 0) is 5.60 Å². The summed E-state index contributed by atoms with van der Waals surface area (Å²) in [4.78, 5) is 0. The van der Waals surface area contributed by atoms with E-state index in [1.807, 2.05) is 19.9 Å². The van der Waals surface area contributed by atoms with E-state index >= 15 is 0 Å². The Balaban J connectivity index is 2.57. The lowest BCUT2D eigenvalue weighted by molar-refractivity contribution is 0.101. The van der Waals surface area contributed by atoms with Gasteiger partial charge in [0.2, 0.25) is 0 Å². The lowest BCUT2D eigenvalue weighted by Crippen LogP contribution is -2.24. The molecular weight excluding hydrogens is 232 g/mol. The van der Waals surface area contributed by atoms with Crippen LogP contribution in [0.15, 0.2) is 36.4 Å². The van der Waals surface area contributed by atoms with Crippen LogP contribution in [-0.4, -0.2) is 5.11 Å². The Labute approximate surface area is 115 Å². The Hall–Kier alpha value is -1.60. The summed E-state index contributed by atoms with van der Waals surface area (Å²) < 4.78 is 0. The molecule has 0 aliphatic heterocycles. The molecule has 0 spiro atoms. The van der Waals surface area contributed by atoms with E-state index in [1.165, 1.54) is 16.7 Å². The molecule has 1 atom stereocenters. The van der Waals surface area contributed by atoms with Gasteiger partial charge in [-0.2, -0.15) is 0 Å². The molecular formula is C18H22O. The molecule has 0 amide bonds. The maximum atomic E-state index is 11.0. The molecule has 0 aliphatic carbocycles. The molecule has 1 unspecified atom stereocenters. The normalized spacial score (nSPS) is 14.2. The van der Waals surface area contributed by atoms with E-state index in [0.29, 0.717) is 0 Å². The first-order valence-electron chi connectivity index (χ1n) is 6.70. The zero-order valence-electron chi connectivity index (χ0n) is 12.4. The summed E-state index contributed by atoms with van der Waals surface area (Å²) in [7, 11) is 0. The average Bonchev–Trinajstić information content (AvgIpc) is 2.35. The molecule has 0 radical (unpaired) electrons. The third kappa shape index (κ3) is 2.57. The zero-order chi connectivity index (χ0) is 14.2. The number of hydrogen-bond acceptors (Lipinski definition) is 1. The first kappa shape index (κ1) is 13.8.